The van der Waals surface area contributed by atoms with E-state index in [1.54, 1.807) is 0 Å². The van der Waals surface area contributed by atoms with E-state index in [1.807, 2.05) is 24.3 Å². The number of benzene rings is 2. The Morgan fingerprint density at radius 1 is 0.828 bits per heavy atom. The lowest BCUT2D eigenvalue weighted by Gasteiger charge is -2.35. The van der Waals surface area contributed by atoms with Gasteiger partial charge in [-0.1, -0.05) is 12.1 Å². The van der Waals surface area contributed by atoms with Gasteiger partial charge in [0, 0.05) is 44.1 Å². The molecule has 2 aliphatic heterocycles. The normalized spacial score (nSPS) is 18.2. The van der Waals surface area contributed by atoms with Gasteiger partial charge in [-0.3, -0.25) is 14.6 Å². The number of nitrogens with zero attached hydrogens (tertiary/aromatic N) is 3. The predicted octanol–water partition coefficient (Wildman–Crippen LogP) is 3.18. The molecule has 1 amide bonds. The average molecular weight is 397 g/mol. The molecule has 0 saturated carbocycles. The first kappa shape index (κ1) is 19.9. The molecule has 0 spiro atoms. The molecule has 0 bridgehead atoms. The second-order valence-electron chi connectivity index (χ2n) is 7.97. The summed E-state index contributed by atoms with van der Waals surface area (Å²) in [4.78, 5) is 19.3. The van der Waals surface area contributed by atoms with Gasteiger partial charge < -0.3 is 10.2 Å². The van der Waals surface area contributed by atoms with Gasteiger partial charge >= 0.3 is 0 Å². The summed E-state index contributed by atoms with van der Waals surface area (Å²) in [5.41, 5.74) is 3.18. The van der Waals surface area contributed by atoms with E-state index >= 15 is 0 Å². The molecule has 0 atom stereocenters. The first-order chi connectivity index (χ1) is 14.2. The van der Waals surface area contributed by atoms with Gasteiger partial charge in [-0.15, -0.1) is 0 Å². The van der Waals surface area contributed by atoms with Crippen molar-refractivity contribution >= 4 is 17.3 Å². The third-order valence-electron chi connectivity index (χ3n) is 5.77. The largest absolute Gasteiger partial charge is 0.369 e. The molecule has 2 aromatic carbocycles. The molecule has 0 radical (unpaired) electrons. The maximum atomic E-state index is 13.1. The summed E-state index contributed by atoms with van der Waals surface area (Å²) < 4.78 is 13.1. The fourth-order valence-electron chi connectivity index (χ4n) is 4.11. The van der Waals surface area contributed by atoms with Gasteiger partial charge in [-0.05, 0) is 67.9 Å². The van der Waals surface area contributed by atoms with Crippen molar-refractivity contribution in [1.82, 2.24) is 9.80 Å². The van der Waals surface area contributed by atoms with Gasteiger partial charge in [-0.2, -0.15) is 0 Å². The zero-order valence-corrected chi connectivity index (χ0v) is 16.8. The van der Waals surface area contributed by atoms with Crippen LogP contribution in [-0.4, -0.2) is 61.5 Å². The number of hydrogen-bond acceptors (Lipinski definition) is 4. The van der Waals surface area contributed by atoms with Crippen LogP contribution in [0.2, 0.25) is 0 Å². The minimum atomic E-state index is -0.215. The summed E-state index contributed by atoms with van der Waals surface area (Å²) in [6, 6.07) is 14.8. The minimum Gasteiger partial charge on any atom is -0.369 e. The molecule has 29 heavy (non-hydrogen) atoms. The number of hydrogen-bond donors (Lipinski definition) is 1. The average Bonchev–Trinajstić information content (AvgIpc) is 3.24. The fourth-order valence-corrected chi connectivity index (χ4v) is 4.11. The highest BCUT2D eigenvalue weighted by molar-refractivity contribution is 5.92. The molecular weight excluding hydrogens is 367 g/mol. The molecule has 0 aliphatic carbocycles. The Labute approximate surface area is 172 Å². The van der Waals surface area contributed by atoms with Crippen LogP contribution in [0.5, 0.6) is 0 Å². The van der Waals surface area contributed by atoms with Crippen molar-refractivity contribution < 1.29 is 9.18 Å². The lowest BCUT2D eigenvalue weighted by atomic mass is 10.2. The van der Waals surface area contributed by atoms with E-state index in [0.29, 0.717) is 6.54 Å². The van der Waals surface area contributed by atoms with E-state index < -0.39 is 0 Å². The molecule has 0 aromatic heterocycles. The Morgan fingerprint density at radius 3 is 2.14 bits per heavy atom. The molecule has 0 unspecified atom stereocenters. The highest BCUT2D eigenvalue weighted by Gasteiger charge is 2.19. The van der Waals surface area contributed by atoms with Crippen LogP contribution in [0, 0.1) is 5.82 Å². The van der Waals surface area contributed by atoms with E-state index in [4.69, 9.17) is 0 Å². The third kappa shape index (κ3) is 5.55. The highest BCUT2D eigenvalue weighted by Crippen LogP contribution is 2.18. The topological polar surface area (TPSA) is 38.8 Å². The van der Waals surface area contributed by atoms with Crippen molar-refractivity contribution in [3.05, 3.63) is 59.9 Å². The number of carbonyl (C=O) groups is 1. The summed E-state index contributed by atoms with van der Waals surface area (Å²) in [5.74, 6) is -0.194. The Morgan fingerprint density at radius 2 is 1.48 bits per heavy atom. The van der Waals surface area contributed by atoms with Crippen LogP contribution < -0.4 is 10.2 Å². The van der Waals surface area contributed by atoms with E-state index in [9.17, 15) is 9.18 Å². The Hall–Kier alpha value is -2.44. The summed E-state index contributed by atoms with van der Waals surface area (Å²) in [6.07, 6.45) is 2.60. The SMILES string of the molecule is O=C(CN1CCN(c2ccc(F)cc2)CC1)Nc1ccc(CN2CCCC2)cc1. The second kappa shape index (κ2) is 9.37. The lowest BCUT2D eigenvalue weighted by molar-refractivity contribution is -0.117. The van der Waals surface area contributed by atoms with Gasteiger partial charge in [0.15, 0.2) is 0 Å². The van der Waals surface area contributed by atoms with Crippen LogP contribution in [0.15, 0.2) is 48.5 Å². The van der Waals surface area contributed by atoms with Gasteiger partial charge in [-0.25, -0.2) is 4.39 Å². The van der Waals surface area contributed by atoms with Gasteiger partial charge in [0.2, 0.25) is 5.91 Å². The van der Waals surface area contributed by atoms with Crippen molar-refractivity contribution in [3.63, 3.8) is 0 Å². The third-order valence-corrected chi connectivity index (χ3v) is 5.77. The first-order valence-electron chi connectivity index (χ1n) is 10.5. The summed E-state index contributed by atoms with van der Waals surface area (Å²) in [6.45, 7) is 7.08. The number of carbonyl (C=O) groups excluding carboxylic acids is 1. The number of piperazine rings is 1. The zero-order chi connectivity index (χ0) is 20.1. The number of likely N-dealkylation sites (tertiary alicyclic amines) is 1. The van der Waals surface area contributed by atoms with Gasteiger partial charge in [0.05, 0.1) is 6.54 Å². The maximum Gasteiger partial charge on any atom is 0.238 e. The smallest absolute Gasteiger partial charge is 0.238 e. The summed E-state index contributed by atoms with van der Waals surface area (Å²) in [5, 5.41) is 3.01. The standard InChI is InChI=1S/C23H29FN4O/c24-20-5-9-22(10-6-20)28-15-13-27(14-16-28)18-23(29)25-21-7-3-19(4-8-21)17-26-11-1-2-12-26/h3-10H,1-2,11-18H2,(H,25,29). The highest BCUT2D eigenvalue weighted by atomic mass is 19.1. The quantitative estimate of drug-likeness (QED) is 0.814. The number of halogens is 1. The molecule has 2 aromatic rings. The van der Waals surface area contributed by atoms with Crippen molar-refractivity contribution in [1.29, 1.82) is 0 Å². The Kier molecular flexibility index (Phi) is 6.42. The van der Waals surface area contributed by atoms with E-state index in [1.165, 1.54) is 43.6 Å². The molecule has 5 nitrogen and oxygen atoms in total. The second-order valence-corrected chi connectivity index (χ2v) is 7.97. The van der Waals surface area contributed by atoms with Crippen LogP contribution in [0.4, 0.5) is 15.8 Å². The molecule has 2 saturated heterocycles. The van der Waals surface area contributed by atoms with Crippen molar-refractivity contribution in [3.8, 4) is 0 Å². The zero-order valence-electron chi connectivity index (χ0n) is 16.8. The van der Waals surface area contributed by atoms with E-state index in [0.717, 1.165) is 44.1 Å². The summed E-state index contributed by atoms with van der Waals surface area (Å²) in [7, 11) is 0. The number of amides is 1. The minimum absolute atomic E-state index is 0.0209. The molecule has 2 aliphatic rings. The van der Waals surface area contributed by atoms with Crippen LogP contribution in [0.1, 0.15) is 18.4 Å². The molecule has 4 rings (SSSR count). The number of nitrogens with one attached hydrogen (secondary N) is 1. The molecule has 2 heterocycles. The maximum absolute atomic E-state index is 13.1. The van der Waals surface area contributed by atoms with Crippen molar-refractivity contribution in [2.75, 3.05) is 56.0 Å². The van der Waals surface area contributed by atoms with E-state index in [-0.39, 0.29) is 11.7 Å². The molecular formula is C23H29FN4O. The monoisotopic (exact) mass is 396 g/mol. The Bertz CT molecular complexity index is 795. The fraction of sp³-hybridized carbons (Fsp3) is 0.435. The van der Waals surface area contributed by atoms with Crippen LogP contribution in [-0.2, 0) is 11.3 Å². The summed E-state index contributed by atoms with van der Waals surface area (Å²) >= 11 is 0. The van der Waals surface area contributed by atoms with Crippen LogP contribution in [0.25, 0.3) is 0 Å². The first-order valence-corrected chi connectivity index (χ1v) is 10.5. The molecule has 154 valence electrons. The number of rotatable bonds is 6. The van der Waals surface area contributed by atoms with Gasteiger partial charge in [0.25, 0.3) is 0 Å². The molecule has 2 fully saturated rings. The lowest BCUT2D eigenvalue weighted by Crippen LogP contribution is -2.48. The molecule has 1 N–H and O–H groups in total. The van der Waals surface area contributed by atoms with Crippen LogP contribution in [0.3, 0.4) is 0 Å². The van der Waals surface area contributed by atoms with Gasteiger partial charge in [0.1, 0.15) is 5.82 Å². The van der Waals surface area contributed by atoms with E-state index in [2.05, 4.69) is 32.1 Å². The number of anilines is 2. The predicted molar refractivity (Wildman–Crippen MR) is 115 cm³/mol. The van der Waals surface area contributed by atoms with Crippen molar-refractivity contribution in [2.24, 2.45) is 0 Å². The Balaban J connectivity index is 1.21. The molecule has 6 heteroatoms. The van der Waals surface area contributed by atoms with Crippen molar-refractivity contribution in [2.45, 2.75) is 19.4 Å². The van der Waals surface area contributed by atoms with Crippen LogP contribution >= 0.6 is 0 Å².